The molecule has 0 aliphatic heterocycles. The van der Waals surface area contributed by atoms with Crippen molar-refractivity contribution in [2.45, 2.75) is 31.1 Å². The minimum atomic E-state index is -3.70. The van der Waals surface area contributed by atoms with E-state index in [0.717, 1.165) is 17.0 Å². The number of allylic oxidation sites excluding steroid dienone is 1. The van der Waals surface area contributed by atoms with E-state index in [-0.39, 0.29) is 16.6 Å². The smallest absolute Gasteiger partial charge is 0.234 e. The molecule has 2 rings (SSSR count). The van der Waals surface area contributed by atoms with Crippen molar-refractivity contribution in [1.29, 1.82) is 5.26 Å². The number of amides is 1. The number of nitrogens with one attached hydrogen (secondary N) is 1. The summed E-state index contributed by atoms with van der Waals surface area (Å²) >= 11 is 0. The number of carbonyl (C=O) groups is 1. The highest BCUT2D eigenvalue weighted by atomic mass is 32.2. The highest BCUT2D eigenvalue weighted by Gasteiger charge is 2.30. The number of rotatable bonds is 5. The van der Waals surface area contributed by atoms with Crippen molar-refractivity contribution in [3.8, 4) is 11.8 Å². The van der Waals surface area contributed by atoms with Gasteiger partial charge in [-0.15, -0.1) is 0 Å². The fraction of sp³-hybridized carbons (Fsp3) is 0.200. The van der Waals surface area contributed by atoms with Gasteiger partial charge in [0, 0.05) is 11.5 Å². The van der Waals surface area contributed by atoms with E-state index in [1.165, 1.54) is 18.2 Å². The molecule has 27 heavy (non-hydrogen) atoms. The molecule has 2 aromatic rings. The molecule has 140 valence electrons. The summed E-state index contributed by atoms with van der Waals surface area (Å²) in [5.74, 6) is -0.376. The van der Waals surface area contributed by atoms with Crippen molar-refractivity contribution in [1.82, 2.24) is 0 Å². The highest BCUT2D eigenvalue weighted by Crippen LogP contribution is 2.29. The number of carbonyl (C=O) groups excluding carboxylic acids is 1. The third kappa shape index (κ3) is 4.54. The summed E-state index contributed by atoms with van der Waals surface area (Å²) in [6, 6.07) is 12.5. The first-order valence-electron chi connectivity index (χ1n) is 8.11. The third-order valence-electron chi connectivity index (χ3n) is 4.19. The standard InChI is InChI=1S/C20H20N2O4S/c1-14-5-10-18(23)17(13-14)22-19(24)20(2,3)15-6-8-16(9-7-15)27(25,26)12-4-11-21/h4-10,12-13,23H,1-3H3,(H,22,24)/b12-4+. The molecule has 2 N–H and O–H groups in total. The van der Waals surface area contributed by atoms with Crippen molar-refractivity contribution in [2.24, 2.45) is 0 Å². The Bertz CT molecular complexity index is 1030. The molecule has 0 radical (unpaired) electrons. The van der Waals surface area contributed by atoms with Gasteiger partial charge in [0.2, 0.25) is 15.7 Å². The second kappa shape index (κ2) is 7.64. The van der Waals surface area contributed by atoms with Crippen LogP contribution in [-0.4, -0.2) is 19.4 Å². The number of aromatic hydroxyl groups is 1. The van der Waals surface area contributed by atoms with Crippen LogP contribution in [0.15, 0.2) is 58.8 Å². The van der Waals surface area contributed by atoms with Crippen LogP contribution in [0.4, 0.5) is 5.69 Å². The molecular weight excluding hydrogens is 364 g/mol. The van der Waals surface area contributed by atoms with Crippen molar-refractivity contribution >= 4 is 21.4 Å². The second-order valence-corrected chi connectivity index (χ2v) is 8.43. The quantitative estimate of drug-likeness (QED) is 0.607. The maximum atomic E-state index is 12.7. The maximum Gasteiger partial charge on any atom is 0.234 e. The molecule has 0 aliphatic carbocycles. The van der Waals surface area contributed by atoms with Gasteiger partial charge >= 0.3 is 0 Å². The Morgan fingerprint density at radius 1 is 1.19 bits per heavy atom. The predicted octanol–water partition coefficient (Wildman–Crippen LogP) is 3.43. The first-order valence-corrected chi connectivity index (χ1v) is 9.65. The first kappa shape index (κ1) is 20.2. The van der Waals surface area contributed by atoms with Gasteiger partial charge in [0.1, 0.15) is 5.75 Å². The Balaban J connectivity index is 2.28. The van der Waals surface area contributed by atoms with Gasteiger partial charge in [0.15, 0.2) is 0 Å². The number of phenolic OH excluding ortho intramolecular Hbond substituents is 1. The summed E-state index contributed by atoms with van der Waals surface area (Å²) in [7, 11) is -3.70. The van der Waals surface area contributed by atoms with Gasteiger partial charge in [-0.3, -0.25) is 4.79 Å². The number of hydrogen-bond acceptors (Lipinski definition) is 5. The zero-order chi connectivity index (χ0) is 20.2. The molecule has 0 saturated carbocycles. The van der Waals surface area contributed by atoms with Gasteiger partial charge in [-0.1, -0.05) is 18.2 Å². The van der Waals surface area contributed by atoms with E-state index >= 15 is 0 Å². The van der Waals surface area contributed by atoms with E-state index in [9.17, 15) is 18.3 Å². The van der Waals surface area contributed by atoms with Crippen LogP contribution in [-0.2, 0) is 20.0 Å². The Morgan fingerprint density at radius 3 is 2.41 bits per heavy atom. The van der Waals surface area contributed by atoms with Crippen LogP contribution >= 0.6 is 0 Å². The number of anilines is 1. The SMILES string of the molecule is Cc1ccc(O)c(NC(=O)C(C)(C)c2ccc(S(=O)(=O)/C=C/C#N)cc2)c1. The number of nitrogens with zero attached hydrogens (tertiary/aromatic N) is 1. The van der Waals surface area contributed by atoms with Gasteiger partial charge in [0.25, 0.3) is 0 Å². The zero-order valence-electron chi connectivity index (χ0n) is 15.2. The molecular formula is C20H20N2O4S. The number of benzene rings is 2. The molecule has 1 amide bonds. The van der Waals surface area contributed by atoms with Crippen LogP contribution in [0.5, 0.6) is 5.75 Å². The summed E-state index contributed by atoms with van der Waals surface area (Å²) in [5.41, 5.74) is 0.839. The van der Waals surface area contributed by atoms with E-state index in [0.29, 0.717) is 11.3 Å². The van der Waals surface area contributed by atoms with E-state index < -0.39 is 15.3 Å². The minimum Gasteiger partial charge on any atom is -0.506 e. The molecule has 0 atom stereocenters. The number of hydrogen-bond donors (Lipinski definition) is 2. The fourth-order valence-electron chi connectivity index (χ4n) is 2.42. The lowest BCUT2D eigenvalue weighted by molar-refractivity contribution is -0.120. The van der Waals surface area contributed by atoms with Crippen LogP contribution in [0.25, 0.3) is 0 Å². The van der Waals surface area contributed by atoms with E-state index in [2.05, 4.69) is 5.32 Å². The van der Waals surface area contributed by atoms with Crippen molar-refractivity contribution in [3.63, 3.8) is 0 Å². The molecule has 0 spiro atoms. The lowest BCUT2D eigenvalue weighted by Crippen LogP contribution is -2.34. The van der Waals surface area contributed by atoms with Crippen molar-refractivity contribution in [2.75, 3.05) is 5.32 Å². The minimum absolute atomic E-state index is 0.0320. The lowest BCUT2D eigenvalue weighted by Gasteiger charge is -2.24. The number of phenols is 1. The van der Waals surface area contributed by atoms with E-state index in [4.69, 9.17) is 5.26 Å². The van der Waals surface area contributed by atoms with Crippen LogP contribution in [0.1, 0.15) is 25.0 Å². The Labute approximate surface area is 158 Å². The molecule has 0 aliphatic rings. The average molecular weight is 384 g/mol. The molecule has 0 bridgehead atoms. The van der Waals surface area contributed by atoms with Crippen LogP contribution in [0.3, 0.4) is 0 Å². The maximum absolute atomic E-state index is 12.7. The van der Waals surface area contributed by atoms with Crippen LogP contribution in [0, 0.1) is 18.3 Å². The Morgan fingerprint density at radius 2 is 1.81 bits per heavy atom. The monoisotopic (exact) mass is 384 g/mol. The largest absolute Gasteiger partial charge is 0.506 e. The van der Waals surface area contributed by atoms with Gasteiger partial charge < -0.3 is 10.4 Å². The highest BCUT2D eigenvalue weighted by molar-refractivity contribution is 7.94. The number of nitriles is 1. The molecule has 0 unspecified atom stereocenters. The summed E-state index contributed by atoms with van der Waals surface area (Å²) in [6.45, 7) is 5.25. The molecule has 2 aromatic carbocycles. The summed E-state index contributed by atoms with van der Waals surface area (Å²) in [4.78, 5) is 12.8. The summed E-state index contributed by atoms with van der Waals surface area (Å²) < 4.78 is 24.1. The summed E-state index contributed by atoms with van der Waals surface area (Å²) in [5, 5.41) is 21.9. The molecule has 0 heterocycles. The molecule has 7 heteroatoms. The third-order valence-corrected chi connectivity index (χ3v) is 5.62. The second-order valence-electron chi connectivity index (χ2n) is 6.60. The lowest BCUT2D eigenvalue weighted by atomic mass is 9.83. The summed E-state index contributed by atoms with van der Waals surface area (Å²) in [6.07, 6.45) is 0.898. The van der Waals surface area contributed by atoms with Crippen molar-refractivity contribution in [3.05, 3.63) is 65.1 Å². The molecule has 6 nitrogen and oxygen atoms in total. The van der Waals surface area contributed by atoms with Gasteiger partial charge in [0.05, 0.1) is 22.1 Å². The zero-order valence-corrected chi connectivity index (χ0v) is 16.0. The van der Waals surface area contributed by atoms with E-state index in [1.807, 2.05) is 6.92 Å². The Kier molecular flexibility index (Phi) is 5.72. The predicted molar refractivity (Wildman–Crippen MR) is 103 cm³/mol. The molecule has 0 aromatic heterocycles. The molecule has 0 saturated heterocycles. The molecule has 0 fully saturated rings. The fourth-order valence-corrected chi connectivity index (χ4v) is 3.33. The Hall–Kier alpha value is -3.11. The van der Waals surface area contributed by atoms with E-state index in [1.54, 1.807) is 44.2 Å². The first-order chi connectivity index (χ1) is 12.6. The van der Waals surface area contributed by atoms with Gasteiger partial charge in [-0.25, -0.2) is 8.42 Å². The van der Waals surface area contributed by atoms with Gasteiger partial charge in [-0.05, 0) is 56.2 Å². The normalized spacial score (nSPS) is 11.9. The van der Waals surface area contributed by atoms with Crippen LogP contribution < -0.4 is 5.32 Å². The van der Waals surface area contributed by atoms with Gasteiger partial charge in [-0.2, -0.15) is 5.26 Å². The van der Waals surface area contributed by atoms with Crippen LogP contribution in [0.2, 0.25) is 0 Å². The van der Waals surface area contributed by atoms with Crippen molar-refractivity contribution < 1.29 is 18.3 Å². The number of sulfone groups is 1. The average Bonchev–Trinajstić information content (AvgIpc) is 2.63. The topological polar surface area (TPSA) is 107 Å². The number of aryl methyl sites for hydroxylation is 1.